The highest BCUT2D eigenvalue weighted by atomic mass is 16.5. The normalized spacial score (nSPS) is 11.6. The first kappa shape index (κ1) is 31.9. The van der Waals surface area contributed by atoms with Gasteiger partial charge >= 0.3 is 0 Å². The lowest BCUT2D eigenvalue weighted by molar-refractivity contribution is 0.488. The first-order valence-corrected chi connectivity index (χ1v) is 19.0. The van der Waals surface area contributed by atoms with Gasteiger partial charge in [0.25, 0.3) is 0 Å². The maximum Gasteiger partial charge on any atom is 0.135 e. The van der Waals surface area contributed by atoms with Crippen molar-refractivity contribution >= 4 is 71.4 Å². The lowest BCUT2D eigenvalue weighted by Gasteiger charge is -2.27. The number of nitrogens with zero attached hydrogens (tertiary/aromatic N) is 3. The first-order chi connectivity index (χ1) is 27.8. The Morgan fingerprint density at radius 3 is 1.14 bits per heavy atom. The molecule has 0 saturated carbocycles. The maximum absolute atomic E-state index is 7.12. The minimum absolute atomic E-state index is 0.752. The summed E-state index contributed by atoms with van der Waals surface area (Å²) in [5, 5.41) is 7.00. The number of benzene rings is 9. The zero-order chi connectivity index (χ0) is 37.0. The number of hydrogen-bond donors (Lipinski definition) is 0. The van der Waals surface area contributed by atoms with Crippen molar-refractivity contribution in [2.45, 2.75) is 0 Å². The van der Waals surface area contributed by atoms with Gasteiger partial charge in [-0.25, -0.2) is 0 Å². The van der Waals surface area contributed by atoms with Crippen LogP contribution in [0.25, 0.3) is 65.8 Å². The minimum atomic E-state index is 0.752. The van der Waals surface area contributed by atoms with Gasteiger partial charge in [0, 0.05) is 55.8 Å². The van der Waals surface area contributed by atoms with E-state index in [4.69, 9.17) is 4.74 Å². The van der Waals surface area contributed by atoms with Crippen molar-refractivity contribution in [3.05, 3.63) is 212 Å². The molecule has 4 nitrogen and oxygen atoms in total. The summed E-state index contributed by atoms with van der Waals surface area (Å²) < 4.78 is 11.9. The number of rotatable bonds is 7. The van der Waals surface area contributed by atoms with Gasteiger partial charge < -0.3 is 18.8 Å². The van der Waals surface area contributed by atoms with E-state index < -0.39 is 0 Å². The zero-order valence-electron chi connectivity index (χ0n) is 30.5. The first-order valence-electron chi connectivity index (χ1n) is 19.0. The van der Waals surface area contributed by atoms with E-state index >= 15 is 0 Å². The largest absolute Gasteiger partial charge is 0.457 e. The molecule has 264 valence electrons. The highest BCUT2D eigenvalue weighted by Gasteiger charge is 2.20. The summed E-state index contributed by atoms with van der Waals surface area (Å²) in [5.74, 6) is 1.54. The van der Waals surface area contributed by atoms with Crippen LogP contribution in [-0.4, -0.2) is 9.13 Å². The van der Waals surface area contributed by atoms with Gasteiger partial charge in [0.15, 0.2) is 0 Å². The van der Waals surface area contributed by atoms with Crippen LogP contribution in [-0.2, 0) is 0 Å². The number of ether oxygens (including phenoxy) is 1. The fourth-order valence-electron chi connectivity index (χ4n) is 8.53. The third kappa shape index (κ3) is 5.15. The number of para-hydroxylation sites is 6. The number of anilines is 3. The second-order valence-electron chi connectivity index (χ2n) is 14.2. The van der Waals surface area contributed by atoms with Gasteiger partial charge in [-0.3, -0.25) is 0 Å². The fourth-order valence-corrected chi connectivity index (χ4v) is 8.53. The average molecular weight is 718 g/mol. The highest BCUT2D eigenvalue weighted by molar-refractivity contribution is 6.11. The minimum Gasteiger partial charge on any atom is -0.457 e. The quantitative estimate of drug-likeness (QED) is 0.164. The van der Waals surface area contributed by atoms with Gasteiger partial charge in [-0.15, -0.1) is 0 Å². The zero-order valence-corrected chi connectivity index (χ0v) is 30.5. The van der Waals surface area contributed by atoms with Crippen molar-refractivity contribution < 1.29 is 4.74 Å². The molecule has 0 radical (unpaired) electrons. The van der Waals surface area contributed by atoms with Crippen molar-refractivity contribution in [2.75, 3.05) is 4.90 Å². The molecule has 0 spiro atoms. The lowest BCUT2D eigenvalue weighted by atomic mass is 10.1. The van der Waals surface area contributed by atoms with Crippen LogP contribution in [0.1, 0.15) is 0 Å². The summed E-state index contributed by atoms with van der Waals surface area (Å²) in [4.78, 5) is 2.31. The van der Waals surface area contributed by atoms with Crippen LogP contribution in [0.3, 0.4) is 0 Å². The summed E-state index contributed by atoms with van der Waals surface area (Å²) in [6.07, 6.45) is 0. The van der Waals surface area contributed by atoms with E-state index in [1.54, 1.807) is 0 Å². The maximum atomic E-state index is 7.12. The van der Waals surface area contributed by atoms with E-state index in [9.17, 15) is 0 Å². The molecule has 0 aliphatic heterocycles. The fraction of sp³-hybridized carbons (Fsp3) is 0. The van der Waals surface area contributed by atoms with Crippen LogP contribution < -0.4 is 9.64 Å². The third-order valence-electron chi connectivity index (χ3n) is 10.9. The van der Waals surface area contributed by atoms with Gasteiger partial charge in [0.2, 0.25) is 0 Å². The van der Waals surface area contributed by atoms with Crippen molar-refractivity contribution in [1.29, 1.82) is 0 Å². The van der Waals surface area contributed by atoms with E-state index in [1.165, 1.54) is 21.5 Å². The van der Waals surface area contributed by atoms with E-state index in [1.807, 2.05) is 0 Å². The number of aromatic nitrogens is 2. The molecule has 0 saturated heterocycles. The van der Waals surface area contributed by atoms with E-state index in [-0.39, 0.29) is 0 Å². The summed E-state index contributed by atoms with van der Waals surface area (Å²) in [6.45, 7) is 0. The van der Waals surface area contributed by atoms with Crippen molar-refractivity contribution in [2.24, 2.45) is 0 Å². The molecular weight excluding hydrogens is 683 g/mol. The van der Waals surface area contributed by atoms with E-state index in [0.717, 1.165) is 72.8 Å². The van der Waals surface area contributed by atoms with Gasteiger partial charge in [0.05, 0.1) is 39.1 Å². The Morgan fingerprint density at radius 1 is 0.321 bits per heavy atom. The van der Waals surface area contributed by atoms with Gasteiger partial charge in [0.1, 0.15) is 11.5 Å². The number of hydrogen-bond acceptors (Lipinski definition) is 2. The second-order valence-corrected chi connectivity index (χ2v) is 14.2. The van der Waals surface area contributed by atoms with Crippen LogP contribution in [0.4, 0.5) is 17.1 Å². The number of fused-ring (bicyclic) bond motifs is 7. The Bertz CT molecular complexity index is 2960. The molecule has 2 aromatic heterocycles. The van der Waals surface area contributed by atoms with Crippen LogP contribution >= 0.6 is 0 Å². The summed E-state index contributed by atoms with van der Waals surface area (Å²) in [5.41, 5.74) is 9.90. The van der Waals surface area contributed by atoms with Crippen LogP contribution in [0.5, 0.6) is 11.5 Å². The van der Waals surface area contributed by atoms with Crippen molar-refractivity contribution in [3.8, 4) is 22.9 Å². The van der Waals surface area contributed by atoms with Gasteiger partial charge in [-0.05, 0) is 66.7 Å². The van der Waals surface area contributed by atoms with Gasteiger partial charge in [-0.2, -0.15) is 0 Å². The molecule has 0 N–H and O–H groups in total. The molecule has 2 heterocycles. The summed E-state index contributed by atoms with van der Waals surface area (Å²) >= 11 is 0. The van der Waals surface area contributed by atoms with Crippen molar-refractivity contribution in [1.82, 2.24) is 9.13 Å². The molecule has 0 aliphatic carbocycles. The smallest absolute Gasteiger partial charge is 0.135 e. The standard InChI is InChI=1S/C52H35N3O/c1-3-17-36(18-4-1)53(37-19-5-2-6-20-37)51-31-32-52(46-26-8-7-25-45(46)51)56-40-34-38(54-47-27-13-9-21-41(47)42-22-10-14-28-48(42)54)33-39(35-40)55-49-29-15-11-23-43(49)44-24-12-16-30-50(44)55/h1-35H. The average Bonchev–Trinajstić information content (AvgIpc) is 3.78. The molecule has 11 aromatic rings. The second kappa shape index (κ2) is 13.1. The monoisotopic (exact) mass is 717 g/mol. The molecular formula is C52H35N3O. The SMILES string of the molecule is c1ccc(N(c2ccccc2)c2ccc(Oc3cc(-n4c5ccccc5c5ccccc54)cc(-n4c5ccccc5c5ccccc54)c3)c3ccccc23)cc1. The Balaban J connectivity index is 1.14. The van der Waals surface area contributed by atoms with E-state index in [0.29, 0.717) is 0 Å². The molecule has 0 amide bonds. The van der Waals surface area contributed by atoms with Crippen LogP contribution in [0, 0.1) is 0 Å². The highest BCUT2D eigenvalue weighted by Crippen LogP contribution is 2.44. The van der Waals surface area contributed by atoms with Crippen LogP contribution in [0.2, 0.25) is 0 Å². The predicted octanol–water partition coefficient (Wildman–Crippen LogP) is 14.3. The summed E-state index contributed by atoms with van der Waals surface area (Å²) in [6, 6.07) is 75.2. The Kier molecular flexibility index (Phi) is 7.46. The van der Waals surface area contributed by atoms with Crippen molar-refractivity contribution in [3.63, 3.8) is 0 Å². The van der Waals surface area contributed by atoms with Crippen LogP contribution in [0.15, 0.2) is 212 Å². The topological polar surface area (TPSA) is 22.3 Å². The van der Waals surface area contributed by atoms with E-state index in [2.05, 4.69) is 226 Å². The molecule has 0 bridgehead atoms. The third-order valence-corrected chi connectivity index (χ3v) is 10.9. The molecule has 11 rings (SSSR count). The molecule has 0 unspecified atom stereocenters. The predicted molar refractivity (Wildman–Crippen MR) is 234 cm³/mol. The summed E-state index contributed by atoms with van der Waals surface area (Å²) in [7, 11) is 0. The molecule has 0 aliphatic rings. The Morgan fingerprint density at radius 2 is 0.696 bits per heavy atom. The van der Waals surface area contributed by atoms with Gasteiger partial charge in [-0.1, -0.05) is 133 Å². The Hall–Kier alpha value is -7.56. The Labute approximate surface area is 324 Å². The molecule has 9 aromatic carbocycles. The molecule has 0 atom stereocenters. The molecule has 0 fully saturated rings. The molecule has 4 heteroatoms. The lowest BCUT2D eigenvalue weighted by Crippen LogP contribution is -2.10. The molecule has 56 heavy (non-hydrogen) atoms.